The molecule has 0 aliphatic carbocycles. The first kappa shape index (κ1) is 10.5. The minimum absolute atomic E-state index is 0.156. The third kappa shape index (κ3) is 1.76. The van der Waals surface area contributed by atoms with Crippen LogP contribution in [0.15, 0.2) is 24.3 Å². The fourth-order valence-corrected chi connectivity index (χ4v) is 2.72. The topological polar surface area (TPSA) is 44.9 Å². The van der Waals surface area contributed by atoms with E-state index in [4.69, 9.17) is 0 Å². The molecule has 2 heterocycles. The molecule has 1 atom stereocenters. The monoisotopic (exact) mass is 228 g/mol. The standard InChI is InChI=1S/C14H16N2O/c1-9(17)8-13-14-11(6-7-15-13)10-4-2-3-5-12(10)16-14/h2-5,13,15-16H,6-8H2,1H3. The summed E-state index contributed by atoms with van der Waals surface area (Å²) in [6.45, 7) is 2.60. The summed E-state index contributed by atoms with van der Waals surface area (Å²) in [7, 11) is 0. The van der Waals surface area contributed by atoms with E-state index in [1.54, 1.807) is 6.92 Å². The van der Waals surface area contributed by atoms with E-state index in [0.29, 0.717) is 6.42 Å². The summed E-state index contributed by atoms with van der Waals surface area (Å²) in [6, 6.07) is 8.51. The van der Waals surface area contributed by atoms with E-state index in [9.17, 15) is 4.79 Å². The number of hydrogen-bond acceptors (Lipinski definition) is 2. The Morgan fingerprint density at radius 3 is 3.06 bits per heavy atom. The number of carbonyl (C=O) groups is 1. The van der Waals surface area contributed by atoms with Crippen molar-refractivity contribution in [1.29, 1.82) is 0 Å². The summed E-state index contributed by atoms with van der Waals surface area (Å²) in [4.78, 5) is 14.7. The Hall–Kier alpha value is -1.61. The smallest absolute Gasteiger partial charge is 0.131 e. The molecule has 0 spiro atoms. The highest BCUT2D eigenvalue weighted by atomic mass is 16.1. The number of aromatic amines is 1. The van der Waals surface area contributed by atoms with Crippen LogP contribution in [0.3, 0.4) is 0 Å². The average Bonchev–Trinajstić information content (AvgIpc) is 2.68. The van der Waals surface area contributed by atoms with E-state index in [0.717, 1.165) is 13.0 Å². The lowest BCUT2D eigenvalue weighted by Crippen LogP contribution is -2.30. The normalized spacial score (nSPS) is 19.2. The van der Waals surface area contributed by atoms with E-state index in [1.165, 1.54) is 22.2 Å². The van der Waals surface area contributed by atoms with Gasteiger partial charge in [0.25, 0.3) is 0 Å². The first-order chi connectivity index (χ1) is 8.25. The molecule has 1 aliphatic heterocycles. The molecule has 0 saturated carbocycles. The zero-order chi connectivity index (χ0) is 11.8. The Labute approximate surface area is 100 Å². The van der Waals surface area contributed by atoms with Gasteiger partial charge in [-0.05, 0) is 31.5 Å². The summed E-state index contributed by atoms with van der Waals surface area (Å²) >= 11 is 0. The van der Waals surface area contributed by atoms with Crippen LogP contribution in [0.25, 0.3) is 10.9 Å². The van der Waals surface area contributed by atoms with E-state index in [-0.39, 0.29) is 11.8 Å². The molecule has 88 valence electrons. The minimum atomic E-state index is 0.156. The zero-order valence-corrected chi connectivity index (χ0v) is 9.92. The molecule has 1 unspecified atom stereocenters. The maximum absolute atomic E-state index is 11.3. The first-order valence-corrected chi connectivity index (χ1v) is 6.08. The molecular formula is C14H16N2O. The highest BCUT2D eigenvalue weighted by Crippen LogP contribution is 2.31. The summed E-state index contributed by atoms with van der Waals surface area (Å²) in [6.07, 6.45) is 1.60. The van der Waals surface area contributed by atoms with Crippen molar-refractivity contribution in [1.82, 2.24) is 10.3 Å². The number of aromatic nitrogens is 1. The number of H-pyrrole nitrogens is 1. The summed E-state index contributed by atoms with van der Waals surface area (Å²) < 4.78 is 0. The molecule has 0 bridgehead atoms. The number of hydrogen-bond donors (Lipinski definition) is 2. The third-order valence-corrected chi connectivity index (χ3v) is 3.45. The molecule has 1 aliphatic rings. The number of Topliss-reactive ketones (excluding diaryl/α,β-unsaturated/α-hetero) is 1. The minimum Gasteiger partial charge on any atom is -0.357 e. The van der Waals surface area contributed by atoms with Crippen LogP contribution in [0.2, 0.25) is 0 Å². The largest absolute Gasteiger partial charge is 0.357 e. The molecular weight excluding hydrogens is 212 g/mol. The lowest BCUT2D eigenvalue weighted by atomic mass is 9.96. The van der Waals surface area contributed by atoms with Gasteiger partial charge in [-0.25, -0.2) is 0 Å². The summed E-state index contributed by atoms with van der Waals surface area (Å²) in [5, 5.41) is 4.72. The molecule has 3 rings (SSSR count). The fourth-order valence-electron chi connectivity index (χ4n) is 2.72. The van der Waals surface area contributed by atoms with Gasteiger partial charge in [-0.3, -0.25) is 4.79 Å². The second kappa shape index (κ2) is 4.00. The highest BCUT2D eigenvalue weighted by molar-refractivity contribution is 5.85. The Kier molecular flexibility index (Phi) is 2.48. The molecule has 1 aromatic heterocycles. The van der Waals surface area contributed by atoms with Crippen molar-refractivity contribution >= 4 is 16.7 Å². The van der Waals surface area contributed by atoms with Gasteiger partial charge in [0.1, 0.15) is 5.78 Å². The highest BCUT2D eigenvalue weighted by Gasteiger charge is 2.24. The summed E-state index contributed by atoms with van der Waals surface area (Å²) in [5.41, 5.74) is 3.76. The third-order valence-electron chi connectivity index (χ3n) is 3.45. The van der Waals surface area contributed by atoms with Crippen LogP contribution in [0, 0.1) is 0 Å². The van der Waals surface area contributed by atoms with Crippen LogP contribution < -0.4 is 5.32 Å². The zero-order valence-electron chi connectivity index (χ0n) is 9.92. The molecule has 0 saturated heterocycles. The lowest BCUT2D eigenvalue weighted by Gasteiger charge is -2.23. The second-order valence-electron chi connectivity index (χ2n) is 4.73. The quantitative estimate of drug-likeness (QED) is 0.828. The second-order valence-corrected chi connectivity index (χ2v) is 4.73. The van der Waals surface area contributed by atoms with Crippen molar-refractivity contribution in [3.8, 4) is 0 Å². The van der Waals surface area contributed by atoms with Gasteiger partial charge in [0.05, 0.1) is 6.04 Å². The predicted molar refractivity (Wildman–Crippen MR) is 68.0 cm³/mol. The molecule has 0 fully saturated rings. The molecule has 3 nitrogen and oxygen atoms in total. The Morgan fingerprint density at radius 1 is 1.41 bits per heavy atom. The predicted octanol–water partition coefficient (Wildman–Crippen LogP) is 2.33. The molecule has 0 amide bonds. The van der Waals surface area contributed by atoms with Crippen LogP contribution in [0.4, 0.5) is 0 Å². The van der Waals surface area contributed by atoms with Crippen LogP contribution in [0.1, 0.15) is 30.6 Å². The Bertz CT molecular complexity index is 571. The fraction of sp³-hybridized carbons (Fsp3) is 0.357. The number of fused-ring (bicyclic) bond motifs is 3. The molecule has 3 heteroatoms. The SMILES string of the molecule is CC(=O)CC1NCCc2c1[nH]c1ccccc21. The van der Waals surface area contributed by atoms with Crippen LogP contribution in [-0.4, -0.2) is 17.3 Å². The Balaban J connectivity index is 2.10. The molecule has 0 radical (unpaired) electrons. The van der Waals surface area contributed by atoms with E-state index in [2.05, 4.69) is 28.5 Å². The molecule has 2 aromatic rings. The number of carbonyl (C=O) groups excluding carboxylic acids is 1. The first-order valence-electron chi connectivity index (χ1n) is 6.08. The van der Waals surface area contributed by atoms with Crippen molar-refractivity contribution < 1.29 is 4.79 Å². The van der Waals surface area contributed by atoms with Crippen molar-refractivity contribution in [3.05, 3.63) is 35.5 Å². The number of nitrogens with one attached hydrogen (secondary N) is 2. The van der Waals surface area contributed by atoms with Gasteiger partial charge in [0.2, 0.25) is 0 Å². The van der Waals surface area contributed by atoms with Gasteiger partial charge in [-0.1, -0.05) is 18.2 Å². The number of benzene rings is 1. The van der Waals surface area contributed by atoms with Crippen molar-refractivity contribution in [2.24, 2.45) is 0 Å². The number of ketones is 1. The summed E-state index contributed by atoms with van der Waals surface area (Å²) in [5.74, 6) is 0.231. The van der Waals surface area contributed by atoms with Gasteiger partial charge in [0.15, 0.2) is 0 Å². The average molecular weight is 228 g/mol. The Morgan fingerprint density at radius 2 is 2.24 bits per heavy atom. The van der Waals surface area contributed by atoms with Gasteiger partial charge in [-0.15, -0.1) is 0 Å². The van der Waals surface area contributed by atoms with Gasteiger partial charge < -0.3 is 10.3 Å². The van der Waals surface area contributed by atoms with E-state index in [1.807, 2.05) is 6.07 Å². The maximum Gasteiger partial charge on any atom is 0.131 e. The van der Waals surface area contributed by atoms with Crippen molar-refractivity contribution in [3.63, 3.8) is 0 Å². The van der Waals surface area contributed by atoms with E-state index >= 15 is 0 Å². The number of rotatable bonds is 2. The van der Waals surface area contributed by atoms with Crippen molar-refractivity contribution in [2.45, 2.75) is 25.8 Å². The van der Waals surface area contributed by atoms with Crippen LogP contribution in [-0.2, 0) is 11.2 Å². The maximum atomic E-state index is 11.3. The molecule has 2 N–H and O–H groups in total. The van der Waals surface area contributed by atoms with Crippen LogP contribution in [0.5, 0.6) is 0 Å². The van der Waals surface area contributed by atoms with Gasteiger partial charge >= 0.3 is 0 Å². The molecule has 17 heavy (non-hydrogen) atoms. The van der Waals surface area contributed by atoms with Gasteiger partial charge in [0, 0.05) is 23.0 Å². The molecule has 1 aromatic carbocycles. The van der Waals surface area contributed by atoms with E-state index < -0.39 is 0 Å². The van der Waals surface area contributed by atoms with Crippen LogP contribution >= 0.6 is 0 Å². The number of para-hydroxylation sites is 1. The van der Waals surface area contributed by atoms with Crippen molar-refractivity contribution in [2.75, 3.05) is 6.54 Å². The van der Waals surface area contributed by atoms with Gasteiger partial charge in [-0.2, -0.15) is 0 Å². The lowest BCUT2D eigenvalue weighted by molar-refractivity contribution is -0.117.